The van der Waals surface area contributed by atoms with Gasteiger partial charge in [0.05, 0.1) is 0 Å². The smallest absolute Gasteiger partial charge is 0.422 e. The van der Waals surface area contributed by atoms with Crippen molar-refractivity contribution in [1.82, 2.24) is 15.5 Å². The van der Waals surface area contributed by atoms with Crippen molar-refractivity contribution in [3.63, 3.8) is 0 Å². The molecule has 1 aromatic rings. The van der Waals surface area contributed by atoms with Crippen LogP contribution in [0.3, 0.4) is 0 Å². The second kappa shape index (κ2) is 10.8. The van der Waals surface area contributed by atoms with E-state index in [0.717, 1.165) is 5.56 Å². The number of ether oxygens (including phenoxy) is 2. The minimum Gasteiger partial charge on any atom is -0.484 e. The number of carbonyl (C=O) groups is 1. The lowest BCUT2D eigenvalue weighted by Crippen LogP contribution is -2.42. The number of amides is 1. The Balaban J connectivity index is 2.38. The lowest BCUT2D eigenvalue weighted by Gasteiger charge is -2.24. The van der Waals surface area contributed by atoms with E-state index in [-0.39, 0.29) is 5.75 Å². The van der Waals surface area contributed by atoms with Gasteiger partial charge in [0, 0.05) is 33.7 Å². The molecule has 0 aromatic heterocycles. The first-order valence-electron chi connectivity index (χ1n) is 9.07. The van der Waals surface area contributed by atoms with Gasteiger partial charge in [-0.05, 0) is 38.5 Å². The average molecular weight is 418 g/mol. The Hall–Kier alpha value is -2.65. The zero-order valence-corrected chi connectivity index (χ0v) is 17.4. The minimum atomic E-state index is -4.37. The van der Waals surface area contributed by atoms with Gasteiger partial charge in [0.15, 0.2) is 12.6 Å². The van der Waals surface area contributed by atoms with Gasteiger partial charge in [-0.25, -0.2) is 4.79 Å². The molecule has 0 atom stereocenters. The van der Waals surface area contributed by atoms with E-state index in [1.165, 1.54) is 17.0 Å². The first-order chi connectivity index (χ1) is 13.4. The molecule has 7 nitrogen and oxygen atoms in total. The number of benzene rings is 1. The van der Waals surface area contributed by atoms with Crippen molar-refractivity contribution < 1.29 is 27.4 Å². The summed E-state index contributed by atoms with van der Waals surface area (Å²) >= 11 is 0. The Morgan fingerprint density at radius 2 is 1.76 bits per heavy atom. The second-order valence-electron chi connectivity index (χ2n) is 7.30. The summed E-state index contributed by atoms with van der Waals surface area (Å²) in [5, 5.41) is 6.16. The standard InChI is InChI=1S/C19H29F3N4O3/c1-18(2,3)29-17(27)26(5)11-10-24-16(23-4)25-12-14-6-8-15(9-7-14)28-13-19(20,21)22/h6-9H,10-13H2,1-5H3,(H2,23,24,25). The Morgan fingerprint density at radius 1 is 1.14 bits per heavy atom. The number of aliphatic imine (C=N–C) groups is 1. The summed E-state index contributed by atoms with van der Waals surface area (Å²) in [5.41, 5.74) is 0.294. The van der Waals surface area contributed by atoms with Gasteiger partial charge < -0.3 is 25.0 Å². The number of likely N-dealkylation sites (N-methyl/N-ethyl adjacent to an activating group) is 1. The molecule has 10 heteroatoms. The third kappa shape index (κ3) is 11.1. The maximum Gasteiger partial charge on any atom is 0.422 e. The number of nitrogens with one attached hydrogen (secondary N) is 2. The van der Waals surface area contributed by atoms with Gasteiger partial charge in [0.1, 0.15) is 11.4 Å². The summed E-state index contributed by atoms with van der Waals surface area (Å²) < 4.78 is 46.4. The lowest BCUT2D eigenvalue weighted by atomic mass is 10.2. The molecule has 0 saturated carbocycles. The van der Waals surface area contributed by atoms with Crippen molar-refractivity contribution in [3.8, 4) is 5.75 Å². The van der Waals surface area contributed by atoms with Crippen LogP contribution in [0.25, 0.3) is 0 Å². The van der Waals surface area contributed by atoms with Crippen molar-refractivity contribution in [2.75, 3.05) is 33.8 Å². The summed E-state index contributed by atoms with van der Waals surface area (Å²) in [6.45, 7) is 5.38. The molecule has 29 heavy (non-hydrogen) atoms. The molecule has 0 bridgehead atoms. The van der Waals surface area contributed by atoms with E-state index in [9.17, 15) is 18.0 Å². The average Bonchev–Trinajstić information content (AvgIpc) is 2.61. The molecule has 0 unspecified atom stereocenters. The number of rotatable bonds is 7. The van der Waals surface area contributed by atoms with Crippen LogP contribution in [0.5, 0.6) is 5.75 Å². The number of carbonyl (C=O) groups excluding carboxylic acids is 1. The predicted octanol–water partition coefficient (Wildman–Crippen LogP) is 3.16. The fourth-order valence-electron chi connectivity index (χ4n) is 2.05. The van der Waals surface area contributed by atoms with Crippen LogP contribution < -0.4 is 15.4 Å². The minimum absolute atomic E-state index is 0.152. The zero-order chi connectivity index (χ0) is 22.1. The van der Waals surface area contributed by atoms with Crippen LogP contribution >= 0.6 is 0 Å². The van der Waals surface area contributed by atoms with Crippen LogP contribution in [0.4, 0.5) is 18.0 Å². The van der Waals surface area contributed by atoms with Crippen molar-refractivity contribution >= 4 is 12.1 Å². The fourth-order valence-corrected chi connectivity index (χ4v) is 2.05. The Morgan fingerprint density at radius 3 is 2.28 bits per heavy atom. The maximum absolute atomic E-state index is 12.2. The Labute approximate surface area is 169 Å². The number of nitrogens with zero attached hydrogens (tertiary/aromatic N) is 2. The van der Waals surface area contributed by atoms with Gasteiger partial charge in [-0.15, -0.1) is 0 Å². The number of alkyl halides is 3. The van der Waals surface area contributed by atoms with Gasteiger partial charge in [0.2, 0.25) is 0 Å². The molecule has 2 N–H and O–H groups in total. The van der Waals surface area contributed by atoms with Crippen LogP contribution in [0.1, 0.15) is 26.3 Å². The van der Waals surface area contributed by atoms with E-state index in [1.807, 2.05) is 0 Å². The van der Waals surface area contributed by atoms with Crippen LogP contribution in [0.15, 0.2) is 29.3 Å². The van der Waals surface area contributed by atoms with Crippen molar-refractivity contribution in [3.05, 3.63) is 29.8 Å². The highest BCUT2D eigenvalue weighted by Gasteiger charge is 2.28. The first-order valence-corrected chi connectivity index (χ1v) is 9.07. The molecule has 0 aliphatic rings. The van der Waals surface area contributed by atoms with Crippen LogP contribution in [0.2, 0.25) is 0 Å². The fraction of sp³-hybridized carbons (Fsp3) is 0.579. The lowest BCUT2D eigenvalue weighted by molar-refractivity contribution is -0.153. The van der Waals surface area contributed by atoms with Gasteiger partial charge in [-0.3, -0.25) is 4.99 Å². The molecule has 1 amide bonds. The van der Waals surface area contributed by atoms with Crippen LogP contribution in [0, 0.1) is 0 Å². The van der Waals surface area contributed by atoms with E-state index >= 15 is 0 Å². The Bertz CT molecular complexity index is 671. The van der Waals surface area contributed by atoms with E-state index in [4.69, 9.17) is 4.74 Å². The maximum atomic E-state index is 12.2. The van der Waals surface area contributed by atoms with Gasteiger partial charge in [-0.1, -0.05) is 12.1 Å². The monoisotopic (exact) mass is 418 g/mol. The third-order valence-corrected chi connectivity index (χ3v) is 3.45. The highest BCUT2D eigenvalue weighted by Crippen LogP contribution is 2.18. The quantitative estimate of drug-likeness (QED) is 0.526. The van der Waals surface area contributed by atoms with Crippen LogP contribution in [-0.4, -0.2) is 62.5 Å². The summed E-state index contributed by atoms with van der Waals surface area (Å²) in [6.07, 6.45) is -4.77. The number of hydrogen-bond donors (Lipinski definition) is 2. The Kier molecular flexibility index (Phi) is 9.06. The van der Waals surface area contributed by atoms with Gasteiger partial charge >= 0.3 is 12.3 Å². The van der Waals surface area contributed by atoms with Gasteiger partial charge in [-0.2, -0.15) is 13.2 Å². The number of halogens is 3. The normalized spacial score (nSPS) is 12.3. The molecule has 0 saturated heterocycles. The van der Waals surface area contributed by atoms with Crippen LogP contribution in [-0.2, 0) is 11.3 Å². The molecule has 0 fully saturated rings. The van der Waals surface area contributed by atoms with E-state index in [0.29, 0.717) is 25.6 Å². The molecule has 0 aliphatic heterocycles. The molecular formula is C19H29F3N4O3. The molecule has 1 aromatic carbocycles. The second-order valence-corrected chi connectivity index (χ2v) is 7.30. The van der Waals surface area contributed by atoms with E-state index in [2.05, 4.69) is 20.4 Å². The van der Waals surface area contributed by atoms with Gasteiger partial charge in [0.25, 0.3) is 0 Å². The molecule has 1 rings (SSSR count). The molecule has 0 heterocycles. The zero-order valence-electron chi connectivity index (χ0n) is 17.4. The molecule has 0 aliphatic carbocycles. The topological polar surface area (TPSA) is 75.2 Å². The summed E-state index contributed by atoms with van der Waals surface area (Å²) in [7, 11) is 3.26. The predicted molar refractivity (Wildman–Crippen MR) is 105 cm³/mol. The number of hydrogen-bond acceptors (Lipinski definition) is 4. The number of guanidine groups is 1. The highest BCUT2D eigenvalue weighted by molar-refractivity contribution is 5.79. The summed E-state index contributed by atoms with van der Waals surface area (Å²) in [5.74, 6) is 0.679. The molecule has 164 valence electrons. The van der Waals surface area contributed by atoms with E-state index < -0.39 is 24.5 Å². The van der Waals surface area contributed by atoms with E-state index in [1.54, 1.807) is 47.0 Å². The third-order valence-electron chi connectivity index (χ3n) is 3.45. The molecular weight excluding hydrogens is 389 g/mol. The summed E-state index contributed by atoms with van der Waals surface area (Å²) in [4.78, 5) is 17.5. The summed E-state index contributed by atoms with van der Waals surface area (Å²) in [6, 6.07) is 6.30. The van der Waals surface area contributed by atoms with Crippen molar-refractivity contribution in [2.45, 2.75) is 39.1 Å². The largest absolute Gasteiger partial charge is 0.484 e. The SMILES string of the molecule is CN=C(NCCN(C)C(=O)OC(C)(C)C)NCc1ccc(OCC(F)(F)F)cc1. The molecule has 0 radical (unpaired) electrons. The van der Waals surface area contributed by atoms with Crippen molar-refractivity contribution in [1.29, 1.82) is 0 Å². The molecule has 0 spiro atoms. The first kappa shape index (κ1) is 24.4. The van der Waals surface area contributed by atoms with Crippen molar-refractivity contribution in [2.24, 2.45) is 4.99 Å². The highest BCUT2D eigenvalue weighted by atomic mass is 19.4.